The molecule has 1 aliphatic heterocycles. The quantitative estimate of drug-likeness (QED) is 0.726. The lowest BCUT2D eigenvalue weighted by atomic mass is 10.1. The van der Waals surface area contributed by atoms with Gasteiger partial charge in [-0.3, -0.25) is 4.18 Å². The molecule has 0 spiro atoms. The van der Waals surface area contributed by atoms with Crippen LogP contribution in [0.3, 0.4) is 0 Å². The zero-order chi connectivity index (χ0) is 17.0. The molecule has 7 nitrogen and oxygen atoms in total. The molecular formula is C15H22O7S. The lowest BCUT2D eigenvalue weighted by molar-refractivity contribution is -0.262. The van der Waals surface area contributed by atoms with E-state index in [-0.39, 0.29) is 11.5 Å². The van der Waals surface area contributed by atoms with E-state index in [0.717, 1.165) is 5.56 Å². The molecule has 1 aromatic rings. The first-order valence-corrected chi connectivity index (χ1v) is 8.85. The molecule has 2 N–H and O–H groups in total. The van der Waals surface area contributed by atoms with Crippen LogP contribution in [0.2, 0.25) is 0 Å². The van der Waals surface area contributed by atoms with Crippen LogP contribution in [-0.2, 0) is 23.8 Å². The molecule has 0 aromatic heterocycles. The standard InChI is InChI=1S/C15H22O7S/c1-3-8-20-15-14(13(17)12(16)9-21-15)22-23(18,19)11-6-4-10(2)5-7-11/h4-7,12-17H,3,8-9H2,1-2H3/t12-,13+,14-,15-/m1/s1. The highest BCUT2D eigenvalue weighted by atomic mass is 32.2. The highest BCUT2D eigenvalue weighted by Crippen LogP contribution is 2.24. The first-order chi connectivity index (χ1) is 10.8. The van der Waals surface area contributed by atoms with Crippen LogP contribution in [0.5, 0.6) is 0 Å². The minimum absolute atomic E-state index is 0.0374. The van der Waals surface area contributed by atoms with E-state index in [2.05, 4.69) is 0 Å². The third-order valence-corrected chi connectivity index (χ3v) is 4.79. The molecule has 130 valence electrons. The van der Waals surface area contributed by atoms with Crippen LogP contribution in [0.25, 0.3) is 0 Å². The SMILES string of the molecule is CCCO[C@@H]1OC[C@@H](O)[C@H](O)[C@H]1OS(=O)(=O)c1ccc(C)cc1. The van der Waals surface area contributed by atoms with E-state index in [1.807, 2.05) is 13.8 Å². The van der Waals surface area contributed by atoms with Gasteiger partial charge in [-0.05, 0) is 25.5 Å². The van der Waals surface area contributed by atoms with Gasteiger partial charge in [0, 0.05) is 6.61 Å². The fourth-order valence-electron chi connectivity index (χ4n) is 2.15. The third-order valence-electron chi connectivity index (χ3n) is 3.46. The van der Waals surface area contributed by atoms with Gasteiger partial charge < -0.3 is 19.7 Å². The van der Waals surface area contributed by atoms with Crippen LogP contribution < -0.4 is 0 Å². The van der Waals surface area contributed by atoms with Gasteiger partial charge >= 0.3 is 0 Å². The lowest BCUT2D eigenvalue weighted by Gasteiger charge is -2.37. The normalized spacial score (nSPS) is 28.7. The largest absolute Gasteiger partial charge is 0.388 e. The Morgan fingerprint density at radius 3 is 2.52 bits per heavy atom. The summed E-state index contributed by atoms with van der Waals surface area (Å²) in [6.45, 7) is 3.88. The first kappa shape index (κ1) is 18.3. The zero-order valence-corrected chi connectivity index (χ0v) is 13.9. The molecule has 1 saturated heterocycles. The highest BCUT2D eigenvalue weighted by molar-refractivity contribution is 7.86. The maximum absolute atomic E-state index is 12.4. The predicted molar refractivity (Wildman–Crippen MR) is 81.2 cm³/mol. The van der Waals surface area contributed by atoms with E-state index >= 15 is 0 Å². The number of rotatable bonds is 6. The van der Waals surface area contributed by atoms with Crippen molar-refractivity contribution in [2.45, 2.75) is 49.8 Å². The van der Waals surface area contributed by atoms with Crippen LogP contribution in [0.15, 0.2) is 29.2 Å². The second-order valence-electron chi connectivity index (χ2n) is 5.46. The van der Waals surface area contributed by atoms with Gasteiger partial charge in [0.1, 0.15) is 12.2 Å². The summed E-state index contributed by atoms with van der Waals surface area (Å²) in [5.41, 5.74) is 0.907. The van der Waals surface area contributed by atoms with E-state index in [4.69, 9.17) is 13.7 Å². The molecule has 2 rings (SSSR count). The van der Waals surface area contributed by atoms with Gasteiger partial charge in [-0.2, -0.15) is 8.42 Å². The van der Waals surface area contributed by atoms with Crippen molar-refractivity contribution in [1.82, 2.24) is 0 Å². The summed E-state index contributed by atoms with van der Waals surface area (Å²) in [6.07, 6.45) is -4.37. The Morgan fingerprint density at radius 2 is 1.91 bits per heavy atom. The molecule has 0 amide bonds. The highest BCUT2D eigenvalue weighted by Gasteiger charge is 2.43. The van der Waals surface area contributed by atoms with Gasteiger partial charge in [0.15, 0.2) is 12.4 Å². The number of aryl methyl sites for hydroxylation is 1. The van der Waals surface area contributed by atoms with Crippen LogP contribution in [-0.4, -0.2) is 56.4 Å². The number of hydrogen-bond donors (Lipinski definition) is 2. The Kier molecular flexibility index (Phi) is 6.12. The van der Waals surface area contributed by atoms with Gasteiger partial charge in [-0.1, -0.05) is 24.6 Å². The maximum Gasteiger partial charge on any atom is 0.297 e. The van der Waals surface area contributed by atoms with Crippen molar-refractivity contribution in [3.8, 4) is 0 Å². The average Bonchev–Trinajstić information content (AvgIpc) is 2.51. The van der Waals surface area contributed by atoms with E-state index in [1.165, 1.54) is 12.1 Å². The summed E-state index contributed by atoms with van der Waals surface area (Å²) in [4.78, 5) is -0.0374. The predicted octanol–water partition coefficient (Wildman–Crippen LogP) is 0.574. The summed E-state index contributed by atoms with van der Waals surface area (Å²) < 4.78 is 40.5. The first-order valence-electron chi connectivity index (χ1n) is 7.44. The molecule has 1 aliphatic rings. The van der Waals surface area contributed by atoms with Gasteiger partial charge in [0.25, 0.3) is 10.1 Å². The number of benzene rings is 1. The molecule has 0 radical (unpaired) electrons. The molecule has 0 saturated carbocycles. The number of ether oxygens (including phenoxy) is 2. The van der Waals surface area contributed by atoms with Crippen molar-refractivity contribution in [2.24, 2.45) is 0 Å². The third kappa shape index (κ3) is 4.50. The number of aliphatic hydroxyl groups excluding tert-OH is 2. The number of aliphatic hydroxyl groups is 2. The van der Waals surface area contributed by atoms with Crippen molar-refractivity contribution in [2.75, 3.05) is 13.2 Å². The molecule has 0 bridgehead atoms. The summed E-state index contributed by atoms with van der Waals surface area (Å²) in [5.74, 6) is 0. The Hall–Kier alpha value is -1.03. The molecule has 1 fully saturated rings. The van der Waals surface area contributed by atoms with Gasteiger partial charge in [0.2, 0.25) is 0 Å². The maximum atomic E-state index is 12.4. The Bertz CT molecular complexity index is 597. The van der Waals surface area contributed by atoms with E-state index in [1.54, 1.807) is 12.1 Å². The van der Waals surface area contributed by atoms with Crippen LogP contribution in [0.1, 0.15) is 18.9 Å². The minimum atomic E-state index is -4.12. The van der Waals surface area contributed by atoms with Crippen LogP contribution >= 0.6 is 0 Å². The molecule has 23 heavy (non-hydrogen) atoms. The molecule has 0 unspecified atom stereocenters. The second kappa shape index (κ2) is 7.69. The summed E-state index contributed by atoms with van der Waals surface area (Å²) >= 11 is 0. The molecule has 1 aromatic carbocycles. The molecule has 0 aliphatic carbocycles. The fourth-order valence-corrected chi connectivity index (χ4v) is 3.23. The summed E-state index contributed by atoms with van der Waals surface area (Å²) in [5, 5.41) is 19.8. The van der Waals surface area contributed by atoms with Crippen LogP contribution in [0.4, 0.5) is 0 Å². The smallest absolute Gasteiger partial charge is 0.297 e. The van der Waals surface area contributed by atoms with Gasteiger partial charge in [-0.25, -0.2) is 0 Å². The lowest BCUT2D eigenvalue weighted by Crippen LogP contribution is -2.55. The number of hydrogen-bond acceptors (Lipinski definition) is 7. The topological polar surface area (TPSA) is 102 Å². The Labute approximate surface area is 135 Å². The van der Waals surface area contributed by atoms with Crippen molar-refractivity contribution in [3.63, 3.8) is 0 Å². The monoisotopic (exact) mass is 346 g/mol. The second-order valence-corrected chi connectivity index (χ2v) is 7.03. The van der Waals surface area contributed by atoms with E-state index in [0.29, 0.717) is 13.0 Å². The van der Waals surface area contributed by atoms with E-state index in [9.17, 15) is 18.6 Å². The zero-order valence-electron chi connectivity index (χ0n) is 13.1. The average molecular weight is 346 g/mol. The van der Waals surface area contributed by atoms with Crippen molar-refractivity contribution < 1.29 is 32.3 Å². The summed E-state index contributed by atoms with van der Waals surface area (Å²) in [7, 11) is -4.12. The molecule has 1 heterocycles. The Balaban J connectivity index is 2.19. The van der Waals surface area contributed by atoms with Crippen molar-refractivity contribution >= 4 is 10.1 Å². The van der Waals surface area contributed by atoms with Gasteiger partial charge in [0.05, 0.1) is 11.5 Å². The van der Waals surface area contributed by atoms with Crippen LogP contribution in [0, 0.1) is 6.92 Å². The minimum Gasteiger partial charge on any atom is -0.388 e. The molecule has 4 atom stereocenters. The van der Waals surface area contributed by atoms with E-state index < -0.39 is 34.7 Å². The van der Waals surface area contributed by atoms with Gasteiger partial charge in [-0.15, -0.1) is 0 Å². The Morgan fingerprint density at radius 1 is 1.26 bits per heavy atom. The summed E-state index contributed by atoms with van der Waals surface area (Å²) in [6, 6.07) is 6.12. The molecular weight excluding hydrogens is 324 g/mol. The van der Waals surface area contributed by atoms with Crippen molar-refractivity contribution in [1.29, 1.82) is 0 Å². The fraction of sp³-hybridized carbons (Fsp3) is 0.600. The molecule has 8 heteroatoms. The van der Waals surface area contributed by atoms with Crippen molar-refractivity contribution in [3.05, 3.63) is 29.8 Å².